The standard InChI is InChI=1S/C23H28N4O/c1-26(2)23(20-9-4-3-5-10-20)14-12-18(13-15-23)17-27(22(25)28)21-11-7-6-8-19(21)16-24/h3-11,18H,12-15,17H2,1-2H3,(H2,25,28). The van der Waals surface area contributed by atoms with Crippen molar-refractivity contribution in [1.82, 2.24) is 4.90 Å². The third-order valence-corrected chi connectivity index (χ3v) is 6.12. The Bertz CT molecular complexity index is 848. The molecule has 0 aliphatic heterocycles. The van der Waals surface area contributed by atoms with Gasteiger partial charge in [-0.25, -0.2) is 4.79 Å². The van der Waals surface area contributed by atoms with Crippen molar-refractivity contribution in [3.63, 3.8) is 0 Å². The normalized spacial score (nSPS) is 21.9. The predicted octanol–water partition coefficient (Wildman–Crippen LogP) is 4.09. The van der Waals surface area contributed by atoms with Crippen LogP contribution in [0.2, 0.25) is 0 Å². The van der Waals surface area contributed by atoms with Crippen molar-refractivity contribution >= 4 is 11.7 Å². The molecule has 0 radical (unpaired) electrons. The molecule has 1 fully saturated rings. The van der Waals surface area contributed by atoms with Crippen LogP contribution >= 0.6 is 0 Å². The fraction of sp³-hybridized carbons (Fsp3) is 0.391. The van der Waals surface area contributed by atoms with Gasteiger partial charge in [0.15, 0.2) is 0 Å². The van der Waals surface area contributed by atoms with Crippen molar-refractivity contribution in [2.24, 2.45) is 11.7 Å². The lowest BCUT2D eigenvalue weighted by atomic mass is 9.72. The SMILES string of the molecule is CN(C)C1(c2ccccc2)CCC(CN(C(N)=O)c2ccccc2C#N)CC1. The van der Waals surface area contributed by atoms with Crippen LogP contribution in [0.5, 0.6) is 0 Å². The summed E-state index contributed by atoms with van der Waals surface area (Å²) in [5, 5.41) is 9.38. The molecule has 28 heavy (non-hydrogen) atoms. The van der Waals surface area contributed by atoms with Gasteiger partial charge >= 0.3 is 6.03 Å². The van der Waals surface area contributed by atoms with E-state index in [-0.39, 0.29) is 5.54 Å². The molecular formula is C23H28N4O. The van der Waals surface area contributed by atoms with Crippen LogP contribution in [-0.2, 0) is 5.54 Å². The number of carbonyl (C=O) groups is 1. The number of hydrogen-bond acceptors (Lipinski definition) is 3. The predicted molar refractivity (Wildman–Crippen MR) is 112 cm³/mol. The third-order valence-electron chi connectivity index (χ3n) is 6.12. The van der Waals surface area contributed by atoms with E-state index >= 15 is 0 Å². The fourth-order valence-electron chi connectivity index (χ4n) is 4.45. The molecule has 1 saturated carbocycles. The summed E-state index contributed by atoms with van der Waals surface area (Å²) in [7, 11) is 4.29. The van der Waals surface area contributed by atoms with Gasteiger partial charge in [0.25, 0.3) is 0 Å². The van der Waals surface area contributed by atoms with Gasteiger partial charge in [0.2, 0.25) is 0 Å². The fourth-order valence-corrected chi connectivity index (χ4v) is 4.45. The molecule has 0 saturated heterocycles. The summed E-state index contributed by atoms with van der Waals surface area (Å²) in [5.41, 5.74) is 8.12. The lowest BCUT2D eigenvalue weighted by Gasteiger charge is -2.46. The lowest BCUT2D eigenvalue weighted by Crippen LogP contribution is -2.47. The second-order valence-corrected chi connectivity index (χ2v) is 7.81. The molecule has 146 valence electrons. The van der Waals surface area contributed by atoms with Gasteiger partial charge in [-0.2, -0.15) is 5.26 Å². The van der Waals surface area contributed by atoms with Crippen LogP contribution in [0.4, 0.5) is 10.5 Å². The molecule has 5 nitrogen and oxygen atoms in total. The molecule has 2 aromatic carbocycles. The number of rotatable bonds is 5. The number of primary amides is 1. The van der Waals surface area contributed by atoms with Gasteiger partial charge in [-0.1, -0.05) is 42.5 Å². The number of benzene rings is 2. The first kappa shape index (κ1) is 19.9. The molecule has 0 heterocycles. The summed E-state index contributed by atoms with van der Waals surface area (Å²) in [5.74, 6) is 0.357. The maximum absolute atomic E-state index is 12.1. The smallest absolute Gasteiger partial charge is 0.319 e. The summed E-state index contributed by atoms with van der Waals surface area (Å²) in [6.07, 6.45) is 4.07. The van der Waals surface area contributed by atoms with Crippen molar-refractivity contribution in [2.45, 2.75) is 31.2 Å². The van der Waals surface area contributed by atoms with Crippen LogP contribution in [0.3, 0.4) is 0 Å². The van der Waals surface area contributed by atoms with Crippen LogP contribution in [0.25, 0.3) is 0 Å². The monoisotopic (exact) mass is 376 g/mol. The largest absolute Gasteiger partial charge is 0.351 e. The molecule has 2 N–H and O–H groups in total. The first-order valence-corrected chi connectivity index (χ1v) is 9.77. The minimum absolute atomic E-state index is 0.0277. The van der Waals surface area contributed by atoms with E-state index in [2.05, 4.69) is 55.4 Å². The molecule has 3 rings (SSSR count). The molecule has 0 unspecified atom stereocenters. The van der Waals surface area contributed by atoms with Gasteiger partial charge in [0.05, 0.1) is 11.3 Å². The highest BCUT2D eigenvalue weighted by Gasteiger charge is 2.39. The summed E-state index contributed by atoms with van der Waals surface area (Å²) in [4.78, 5) is 16.0. The van der Waals surface area contributed by atoms with Crippen LogP contribution in [0, 0.1) is 17.2 Å². The molecule has 0 atom stereocenters. The first-order valence-electron chi connectivity index (χ1n) is 9.77. The zero-order valence-electron chi connectivity index (χ0n) is 16.6. The third kappa shape index (κ3) is 3.88. The Kier molecular flexibility index (Phi) is 6.01. The molecular weight excluding hydrogens is 348 g/mol. The first-order chi connectivity index (χ1) is 13.5. The van der Waals surface area contributed by atoms with Gasteiger partial charge < -0.3 is 5.73 Å². The van der Waals surface area contributed by atoms with Crippen LogP contribution < -0.4 is 10.6 Å². The average molecular weight is 377 g/mol. The van der Waals surface area contributed by atoms with Gasteiger partial charge in [-0.05, 0) is 63.4 Å². The summed E-state index contributed by atoms with van der Waals surface area (Å²) in [6.45, 7) is 0.548. The second kappa shape index (κ2) is 8.45. The summed E-state index contributed by atoms with van der Waals surface area (Å²) >= 11 is 0. The molecule has 5 heteroatoms. The zero-order valence-corrected chi connectivity index (χ0v) is 16.6. The van der Waals surface area contributed by atoms with Crippen LogP contribution in [0.15, 0.2) is 54.6 Å². The van der Waals surface area contributed by atoms with E-state index in [0.29, 0.717) is 23.7 Å². The average Bonchev–Trinajstić information content (AvgIpc) is 2.72. The van der Waals surface area contributed by atoms with Crippen LogP contribution in [0.1, 0.15) is 36.8 Å². The molecule has 1 aliphatic carbocycles. The van der Waals surface area contributed by atoms with Gasteiger partial charge in [0, 0.05) is 12.1 Å². The van der Waals surface area contributed by atoms with Gasteiger partial charge in [-0.3, -0.25) is 9.80 Å². The van der Waals surface area contributed by atoms with Gasteiger partial charge in [-0.15, -0.1) is 0 Å². The number of carbonyl (C=O) groups excluding carboxylic acids is 1. The molecule has 2 aromatic rings. The molecule has 0 bridgehead atoms. The van der Waals surface area contributed by atoms with Crippen molar-refractivity contribution in [3.8, 4) is 6.07 Å². The Morgan fingerprint density at radius 2 is 1.71 bits per heavy atom. The summed E-state index contributed by atoms with van der Waals surface area (Å²) < 4.78 is 0. The number of amides is 2. The van der Waals surface area contributed by atoms with E-state index in [0.717, 1.165) is 25.7 Å². The quantitative estimate of drug-likeness (QED) is 0.854. The zero-order chi connectivity index (χ0) is 20.1. The van der Waals surface area contributed by atoms with Crippen LogP contribution in [-0.4, -0.2) is 31.6 Å². The summed E-state index contributed by atoms with van der Waals surface area (Å²) in [6, 6.07) is 19.5. The Labute approximate surface area is 167 Å². The van der Waals surface area contributed by atoms with E-state index in [1.54, 1.807) is 23.1 Å². The second-order valence-electron chi connectivity index (χ2n) is 7.81. The van der Waals surface area contributed by atoms with Gasteiger partial charge in [0.1, 0.15) is 6.07 Å². The maximum Gasteiger partial charge on any atom is 0.319 e. The highest BCUT2D eigenvalue weighted by Crippen LogP contribution is 2.43. The molecule has 0 spiro atoms. The number of nitrogens with two attached hydrogens (primary N) is 1. The topological polar surface area (TPSA) is 73.4 Å². The van der Waals surface area contributed by atoms with Crippen molar-refractivity contribution in [2.75, 3.05) is 25.5 Å². The highest BCUT2D eigenvalue weighted by molar-refractivity contribution is 5.92. The van der Waals surface area contributed by atoms with E-state index in [4.69, 9.17) is 5.73 Å². The number of nitrogens with zero attached hydrogens (tertiary/aromatic N) is 3. The number of nitriles is 1. The molecule has 1 aliphatic rings. The van der Waals surface area contributed by atoms with Crippen molar-refractivity contribution in [3.05, 3.63) is 65.7 Å². The lowest BCUT2D eigenvalue weighted by molar-refractivity contribution is 0.0788. The highest BCUT2D eigenvalue weighted by atomic mass is 16.2. The van der Waals surface area contributed by atoms with Crippen molar-refractivity contribution in [1.29, 1.82) is 5.26 Å². The number of para-hydroxylation sites is 1. The van der Waals surface area contributed by atoms with E-state index in [1.165, 1.54) is 5.56 Å². The Morgan fingerprint density at radius 3 is 2.29 bits per heavy atom. The Hall–Kier alpha value is -2.84. The maximum atomic E-state index is 12.1. The molecule has 0 aromatic heterocycles. The minimum atomic E-state index is -0.504. The minimum Gasteiger partial charge on any atom is -0.351 e. The number of hydrogen-bond donors (Lipinski definition) is 1. The van der Waals surface area contributed by atoms with E-state index < -0.39 is 6.03 Å². The van der Waals surface area contributed by atoms with E-state index in [1.807, 2.05) is 6.07 Å². The Morgan fingerprint density at radius 1 is 1.11 bits per heavy atom. The number of urea groups is 1. The number of anilines is 1. The Balaban J connectivity index is 1.77. The van der Waals surface area contributed by atoms with E-state index in [9.17, 15) is 10.1 Å². The molecule has 2 amide bonds. The van der Waals surface area contributed by atoms with Crippen molar-refractivity contribution < 1.29 is 4.79 Å².